The third-order valence-electron chi connectivity index (χ3n) is 2.65. The second-order valence-electron chi connectivity index (χ2n) is 4.13. The summed E-state index contributed by atoms with van der Waals surface area (Å²) in [5.41, 5.74) is 0.801. The summed E-state index contributed by atoms with van der Waals surface area (Å²) in [6, 6.07) is 5.41. The number of amides is 1. The number of carbonyl (C=O) groups excluding carboxylic acids is 2. The Bertz CT molecular complexity index is 731. The number of ether oxygens (including phenoxy) is 2. The summed E-state index contributed by atoms with van der Waals surface area (Å²) >= 11 is 4.41. The molecule has 7 nitrogen and oxygen atoms in total. The van der Waals surface area contributed by atoms with E-state index in [1.54, 1.807) is 19.2 Å². The van der Waals surface area contributed by atoms with E-state index in [9.17, 15) is 9.59 Å². The average molecular weight is 398 g/mol. The Morgan fingerprint density at radius 2 is 2.17 bits per heavy atom. The van der Waals surface area contributed by atoms with E-state index < -0.39 is 11.9 Å². The lowest BCUT2D eigenvalue weighted by Gasteiger charge is -2.01. The van der Waals surface area contributed by atoms with Gasteiger partial charge in [-0.2, -0.15) is 5.10 Å². The van der Waals surface area contributed by atoms with Crippen LogP contribution in [0.2, 0.25) is 0 Å². The molecule has 0 aromatic heterocycles. The van der Waals surface area contributed by atoms with Crippen LogP contribution in [0.5, 0.6) is 5.75 Å². The molecule has 0 radical (unpaired) electrons. The summed E-state index contributed by atoms with van der Waals surface area (Å²) in [5, 5.41) is 10.6. The molecule has 0 unspecified atom stereocenters. The van der Waals surface area contributed by atoms with Gasteiger partial charge in [0, 0.05) is 16.1 Å². The smallest absolute Gasteiger partial charge is 0.331 e. The van der Waals surface area contributed by atoms with E-state index in [1.807, 2.05) is 6.07 Å². The van der Waals surface area contributed by atoms with Gasteiger partial charge in [-0.3, -0.25) is 10.1 Å². The first kappa shape index (κ1) is 17.2. The molecule has 1 aliphatic rings. The molecule has 1 heterocycles. The molecule has 9 heteroatoms. The Morgan fingerprint density at radius 3 is 2.83 bits per heavy atom. The molecule has 0 spiro atoms. The lowest BCUT2D eigenvalue weighted by atomic mass is 10.2. The van der Waals surface area contributed by atoms with E-state index >= 15 is 0 Å². The number of hydrogen-bond donors (Lipinski definition) is 1. The highest BCUT2D eigenvalue weighted by atomic mass is 79.9. The number of rotatable bonds is 4. The average Bonchev–Trinajstić information content (AvgIpc) is 2.88. The van der Waals surface area contributed by atoms with E-state index in [1.165, 1.54) is 13.3 Å². The van der Waals surface area contributed by atoms with Crippen LogP contribution in [0.1, 0.15) is 5.56 Å². The van der Waals surface area contributed by atoms with Crippen LogP contribution in [0.25, 0.3) is 0 Å². The van der Waals surface area contributed by atoms with Crippen LogP contribution in [-0.2, 0) is 14.3 Å². The lowest BCUT2D eigenvalue weighted by Crippen LogP contribution is -2.19. The van der Waals surface area contributed by atoms with Crippen molar-refractivity contribution >= 4 is 51.0 Å². The van der Waals surface area contributed by atoms with Crippen LogP contribution in [0, 0.1) is 0 Å². The zero-order valence-corrected chi connectivity index (χ0v) is 14.6. The first-order valence-corrected chi connectivity index (χ1v) is 7.88. The maximum atomic E-state index is 11.6. The molecule has 1 aromatic rings. The van der Waals surface area contributed by atoms with Gasteiger partial charge in [0.05, 0.1) is 25.3 Å². The van der Waals surface area contributed by atoms with Crippen LogP contribution < -0.4 is 10.1 Å². The minimum Gasteiger partial charge on any atom is -0.497 e. The Morgan fingerprint density at radius 1 is 1.39 bits per heavy atom. The zero-order chi connectivity index (χ0) is 16.8. The van der Waals surface area contributed by atoms with Gasteiger partial charge < -0.3 is 9.47 Å². The van der Waals surface area contributed by atoms with Gasteiger partial charge in [0.15, 0.2) is 5.17 Å². The fourth-order valence-electron chi connectivity index (χ4n) is 1.52. The van der Waals surface area contributed by atoms with Crippen LogP contribution in [-0.4, -0.2) is 37.5 Å². The predicted molar refractivity (Wildman–Crippen MR) is 91.6 cm³/mol. The van der Waals surface area contributed by atoms with E-state index in [-0.39, 0.29) is 10.1 Å². The van der Waals surface area contributed by atoms with Gasteiger partial charge in [0.2, 0.25) is 0 Å². The second-order valence-corrected chi connectivity index (χ2v) is 6.01. The molecule has 1 aromatic carbocycles. The van der Waals surface area contributed by atoms with Gasteiger partial charge in [0.1, 0.15) is 5.75 Å². The predicted octanol–water partition coefficient (Wildman–Crippen LogP) is 2.07. The summed E-state index contributed by atoms with van der Waals surface area (Å²) in [6.45, 7) is 0. The van der Waals surface area contributed by atoms with Crippen molar-refractivity contribution < 1.29 is 19.1 Å². The third-order valence-corrected chi connectivity index (χ3v) is 4.24. The molecule has 1 fully saturated rings. The molecule has 0 saturated carbocycles. The largest absolute Gasteiger partial charge is 0.497 e. The number of halogens is 1. The van der Waals surface area contributed by atoms with Crippen molar-refractivity contribution in [2.45, 2.75) is 0 Å². The quantitative estimate of drug-likeness (QED) is 0.363. The number of thioether (sulfide) groups is 1. The van der Waals surface area contributed by atoms with Gasteiger partial charge in [-0.25, -0.2) is 4.79 Å². The van der Waals surface area contributed by atoms with Crippen LogP contribution >= 0.6 is 27.7 Å². The van der Waals surface area contributed by atoms with Crippen molar-refractivity contribution in [3.8, 4) is 5.75 Å². The number of amidine groups is 1. The van der Waals surface area contributed by atoms with Gasteiger partial charge in [0.25, 0.3) is 5.91 Å². The standard InChI is InChI=1S/C14H12BrN3O4S/c1-21-9-4-3-8(10(15)5-9)7-16-18-14-17-13(20)11(23-14)6-12(19)22-2/h3-7H,1-2H3,(H,17,18,20)/b11-6+,16-7?. The Hall–Kier alpha value is -2.13. The molecule has 1 aliphatic heterocycles. The number of carbonyl (C=O) groups is 2. The summed E-state index contributed by atoms with van der Waals surface area (Å²) in [4.78, 5) is 23.0. The monoisotopic (exact) mass is 397 g/mol. The highest BCUT2D eigenvalue weighted by molar-refractivity contribution is 9.10. The van der Waals surface area contributed by atoms with Crippen molar-refractivity contribution in [2.75, 3.05) is 14.2 Å². The highest BCUT2D eigenvalue weighted by Gasteiger charge is 2.24. The molecule has 1 saturated heterocycles. The minimum absolute atomic E-state index is 0.205. The topological polar surface area (TPSA) is 89.3 Å². The van der Waals surface area contributed by atoms with Gasteiger partial charge in [-0.05, 0) is 45.9 Å². The van der Waals surface area contributed by atoms with Crippen LogP contribution in [0.3, 0.4) is 0 Å². The SMILES string of the molecule is COC(=O)/C=C1/S/C(=N\N=Cc2ccc(OC)cc2Br)NC1=O. The molecular weight excluding hydrogens is 386 g/mol. The zero-order valence-electron chi connectivity index (χ0n) is 12.2. The molecule has 120 valence electrons. The maximum Gasteiger partial charge on any atom is 0.331 e. The van der Waals surface area contributed by atoms with Crippen molar-refractivity contribution in [1.82, 2.24) is 5.32 Å². The van der Waals surface area contributed by atoms with Gasteiger partial charge in [-0.15, -0.1) is 5.10 Å². The number of esters is 1. The van der Waals surface area contributed by atoms with Crippen molar-refractivity contribution in [2.24, 2.45) is 10.2 Å². The summed E-state index contributed by atoms with van der Waals surface area (Å²) in [7, 11) is 2.82. The van der Waals surface area contributed by atoms with E-state index in [2.05, 4.69) is 36.2 Å². The molecule has 2 rings (SSSR count). The van der Waals surface area contributed by atoms with Gasteiger partial charge in [-0.1, -0.05) is 0 Å². The van der Waals surface area contributed by atoms with Crippen molar-refractivity contribution in [1.29, 1.82) is 0 Å². The Labute approximate surface area is 145 Å². The Balaban J connectivity index is 2.08. The molecule has 0 bridgehead atoms. The number of nitrogens with zero attached hydrogens (tertiary/aromatic N) is 2. The molecule has 0 aliphatic carbocycles. The second kappa shape index (κ2) is 7.93. The van der Waals surface area contributed by atoms with Crippen LogP contribution in [0.15, 0.2) is 43.9 Å². The summed E-state index contributed by atoms with van der Waals surface area (Å²) in [5.74, 6) is -0.300. The fourth-order valence-corrected chi connectivity index (χ4v) is 2.72. The number of hydrogen-bond acceptors (Lipinski definition) is 7. The molecule has 23 heavy (non-hydrogen) atoms. The van der Waals surface area contributed by atoms with E-state index in [0.717, 1.165) is 33.6 Å². The first-order chi connectivity index (χ1) is 11.0. The Kier molecular flexibility index (Phi) is 5.94. The maximum absolute atomic E-state index is 11.6. The highest BCUT2D eigenvalue weighted by Crippen LogP contribution is 2.24. The number of methoxy groups -OCH3 is 2. The summed E-state index contributed by atoms with van der Waals surface area (Å²) < 4.78 is 10.4. The number of nitrogens with one attached hydrogen (secondary N) is 1. The van der Waals surface area contributed by atoms with Gasteiger partial charge >= 0.3 is 5.97 Å². The van der Waals surface area contributed by atoms with Crippen molar-refractivity contribution in [3.05, 3.63) is 39.2 Å². The third kappa shape index (κ3) is 4.67. The minimum atomic E-state index is -0.602. The molecule has 0 atom stereocenters. The normalized spacial score (nSPS) is 17.8. The first-order valence-electron chi connectivity index (χ1n) is 6.27. The lowest BCUT2D eigenvalue weighted by molar-refractivity contribution is -0.135. The fraction of sp³-hybridized carbons (Fsp3) is 0.143. The molecule has 1 N–H and O–H groups in total. The number of benzene rings is 1. The molecular formula is C14H12BrN3O4S. The van der Waals surface area contributed by atoms with E-state index in [4.69, 9.17) is 4.74 Å². The molecule has 1 amide bonds. The van der Waals surface area contributed by atoms with Crippen LogP contribution in [0.4, 0.5) is 0 Å². The van der Waals surface area contributed by atoms with E-state index in [0.29, 0.717) is 0 Å². The van der Waals surface area contributed by atoms with Crippen molar-refractivity contribution in [3.63, 3.8) is 0 Å². The summed E-state index contributed by atoms with van der Waals surface area (Å²) in [6.07, 6.45) is 2.64.